The molecule has 0 aliphatic heterocycles. The minimum absolute atomic E-state index is 1.20. The Morgan fingerprint density at radius 3 is 1.23 bits per heavy atom. The molecule has 0 nitrogen and oxygen atoms in total. The second-order valence-electron chi connectivity index (χ2n) is 5.57. The Bertz CT molecular complexity index is 427. The first kappa shape index (κ1) is 18.2. The van der Waals surface area contributed by atoms with E-state index in [-0.39, 0.29) is 0 Å². The number of benzene rings is 1. The highest BCUT2D eigenvalue weighted by Gasteiger charge is 1.95. The molecule has 118 valence electrons. The van der Waals surface area contributed by atoms with Crippen LogP contribution in [0, 0.1) is 0 Å². The van der Waals surface area contributed by atoms with E-state index in [0.717, 1.165) is 0 Å². The summed E-state index contributed by atoms with van der Waals surface area (Å²) < 4.78 is 0. The van der Waals surface area contributed by atoms with Gasteiger partial charge in [0.1, 0.15) is 0 Å². The van der Waals surface area contributed by atoms with Crippen molar-refractivity contribution in [2.45, 2.75) is 52.4 Å². The fourth-order valence-electron chi connectivity index (χ4n) is 2.38. The van der Waals surface area contributed by atoms with Gasteiger partial charge in [-0.2, -0.15) is 0 Å². The highest BCUT2D eigenvalue weighted by Crippen LogP contribution is 2.15. The van der Waals surface area contributed by atoms with Crippen LogP contribution in [-0.4, -0.2) is 0 Å². The van der Waals surface area contributed by atoms with Crippen molar-refractivity contribution in [2.75, 3.05) is 0 Å². The van der Waals surface area contributed by atoms with Crippen LogP contribution in [0.3, 0.4) is 0 Å². The molecular weight excluding hydrogens is 264 g/mol. The summed E-state index contributed by atoms with van der Waals surface area (Å²) in [5, 5.41) is 0. The number of allylic oxidation sites excluding steroid dienone is 8. The first-order valence-corrected chi connectivity index (χ1v) is 8.56. The van der Waals surface area contributed by atoms with Crippen molar-refractivity contribution < 1.29 is 0 Å². The summed E-state index contributed by atoms with van der Waals surface area (Å²) in [6, 6.07) is 12.0. The van der Waals surface area contributed by atoms with Crippen LogP contribution >= 0.6 is 0 Å². The van der Waals surface area contributed by atoms with Gasteiger partial charge in [-0.25, -0.2) is 0 Å². The van der Waals surface area contributed by atoms with Crippen LogP contribution in [0.15, 0.2) is 84.0 Å². The molecule has 0 heterocycles. The molecule has 0 radical (unpaired) electrons. The van der Waals surface area contributed by atoms with Crippen LogP contribution in [0.2, 0.25) is 0 Å². The minimum atomic E-state index is 1.20. The third-order valence-corrected chi connectivity index (χ3v) is 3.50. The first-order chi connectivity index (χ1) is 10.9. The van der Waals surface area contributed by atoms with E-state index in [0.29, 0.717) is 0 Å². The monoisotopic (exact) mass is 294 g/mol. The second-order valence-corrected chi connectivity index (χ2v) is 5.57. The molecule has 0 N–H and O–H groups in total. The Kier molecular flexibility index (Phi) is 10.7. The lowest BCUT2D eigenvalue weighted by Gasteiger charge is -1.93. The van der Waals surface area contributed by atoms with Crippen molar-refractivity contribution >= 4 is 0 Å². The Labute approximate surface area is 137 Å². The van der Waals surface area contributed by atoms with Gasteiger partial charge in [-0.3, -0.25) is 0 Å². The third kappa shape index (κ3) is 9.18. The highest BCUT2D eigenvalue weighted by atomic mass is 14.0. The summed E-state index contributed by atoms with van der Waals surface area (Å²) in [7, 11) is 0. The Morgan fingerprint density at radius 1 is 0.636 bits per heavy atom. The molecule has 0 heteroatoms. The Balaban J connectivity index is 0.000000167. The van der Waals surface area contributed by atoms with E-state index in [1.165, 1.54) is 38.5 Å². The molecule has 0 atom stereocenters. The van der Waals surface area contributed by atoms with Gasteiger partial charge >= 0.3 is 0 Å². The van der Waals surface area contributed by atoms with Crippen LogP contribution in [0.5, 0.6) is 0 Å². The van der Waals surface area contributed by atoms with E-state index in [2.05, 4.69) is 50.3 Å². The summed E-state index contributed by atoms with van der Waals surface area (Å²) in [5.41, 5.74) is 3.18. The molecule has 22 heavy (non-hydrogen) atoms. The quantitative estimate of drug-likeness (QED) is 0.559. The fourth-order valence-corrected chi connectivity index (χ4v) is 2.38. The molecule has 0 amide bonds. The van der Waals surface area contributed by atoms with Gasteiger partial charge in [0, 0.05) is 0 Å². The van der Waals surface area contributed by atoms with E-state index in [1.807, 2.05) is 36.4 Å². The summed E-state index contributed by atoms with van der Waals surface area (Å²) in [6.07, 6.45) is 20.7. The van der Waals surface area contributed by atoms with Gasteiger partial charge in [0.25, 0.3) is 0 Å². The lowest BCUT2D eigenvalue weighted by atomic mass is 10.1. The average Bonchev–Trinajstić information content (AvgIpc) is 3.25. The molecule has 1 aromatic carbocycles. The highest BCUT2D eigenvalue weighted by molar-refractivity contribution is 5.23. The third-order valence-electron chi connectivity index (χ3n) is 3.50. The lowest BCUT2D eigenvalue weighted by molar-refractivity contribution is 0.887. The molecule has 0 unspecified atom stereocenters. The summed E-state index contributed by atoms with van der Waals surface area (Å²) in [6.45, 7) is 4.44. The molecular formula is C22H30. The summed E-state index contributed by atoms with van der Waals surface area (Å²) in [5.74, 6) is 0. The van der Waals surface area contributed by atoms with Crippen LogP contribution in [-0.2, 0) is 0 Å². The van der Waals surface area contributed by atoms with Crippen LogP contribution in [0.4, 0.5) is 0 Å². The zero-order valence-corrected chi connectivity index (χ0v) is 14.2. The molecule has 2 aliphatic rings. The van der Waals surface area contributed by atoms with Gasteiger partial charge in [0.2, 0.25) is 0 Å². The van der Waals surface area contributed by atoms with Crippen LogP contribution in [0.1, 0.15) is 52.4 Å². The predicted octanol–water partition coefficient (Wildman–Crippen LogP) is 7.03. The van der Waals surface area contributed by atoms with E-state index in [1.54, 1.807) is 11.1 Å². The number of hydrogen-bond acceptors (Lipinski definition) is 0. The van der Waals surface area contributed by atoms with Crippen molar-refractivity contribution in [1.29, 1.82) is 0 Å². The van der Waals surface area contributed by atoms with Gasteiger partial charge in [-0.15, -0.1) is 0 Å². The second kappa shape index (κ2) is 12.9. The van der Waals surface area contributed by atoms with Gasteiger partial charge in [0.15, 0.2) is 0 Å². The van der Waals surface area contributed by atoms with Gasteiger partial charge in [-0.05, 0) is 25.7 Å². The lowest BCUT2D eigenvalue weighted by Crippen LogP contribution is -1.74. The Hall–Kier alpha value is -1.82. The van der Waals surface area contributed by atoms with Crippen molar-refractivity contribution in [2.24, 2.45) is 0 Å². The fraction of sp³-hybridized carbons (Fsp3) is 0.364. The zero-order chi connectivity index (χ0) is 15.9. The van der Waals surface area contributed by atoms with Crippen molar-refractivity contribution in [3.05, 3.63) is 84.0 Å². The minimum Gasteiger partial charge on any atom is -0.0805 e. The maximum atomic E-state index is 2.23. The zero-order valence-electron chi connectivity index (χ0n) is 14.2. The van der Waals surface area contributed by atoms with E-state index >= 15 is 0 Å². The van der Waals surface area contributed by atoms with Gasteiger partial charge in [0.05, 0.1) is 0 Å². The maximum Gasteiger partial charge on any atom is -0.0133 e. The smallest absolute Gasteiger partial charge is 0.0133 e. The summed E-state index contributed by atoms with van der Waals surface area (Å²) in [4.78, 5) is 0. The molecule has 0 saturated heterocycles. The molecule has 2 aliphatic carbocycles. The predicted molar refractivity (Wildman–Crippen MR) is 99.9 cm³/mol. The molecule has 0 aromatic heterocycles. The Morgan fingerprint density at radius 2 is 1.00 bits per heavy atom. The van der Waals surface area contributed by atoms with Crippen molar-refractivity contribution in [3.8, 4) is 0 Å². The van der Waals surface area contributed by atoms with E-state index in [4.69, 9.17) is 0 Å². The maximum absolute atomic E-state index is 2.23. The van der Waals surface area contributed by atoms with E-state index < -0.39 is 0 Å². The SMILES string of the molecule is CCCC1=CC=CC1.CCCC1=CC=CC1.c1ccccc1. The number of rotatable bonds is 4. The van der Waals surface area contributed by atoms with Gasteiger partial charge < -0.3 is 0 Å². The molecule has 0 bridgehead atoms. The molecule has 0 spiro atoms. The molecule has 3 rings (SSSR count). The molecule has 1 aromatic rings. The topological polar surface area (TPSA) is 0 Å². The molecule has 0 saturated carbocycles. The van der Waals surface area contributed by atoms with E-state index in [9.17, 15) is 0 Å². The standard InChI is InChI=1S/2C8H12.C6H6/c2*1-2-5-8-6-3-4-7-8;1-2-4-6-5-3-1/h2*3-4,6H,2,5,7H2,1H3;1-6H. The number of hydrogen-bond donors (Lipinski definition) is 0. The van der Waals surface area contributed by atoms with Crippen LogP contribution in [0.25, 0.3) is 0 Å². The summed E-state index contributed by atoms with van der Waals surface area (Å²) >= 11 is 0. The van der Waals surface area contributed by atoms with Crippen molar-refractivity contribution in [1.82, 2.24) is 0 Å². The van der Waals surface area contributed by atoms with Crippen molar-refractivity contribution in [3.63, 3.8) is 0 Å². The first-order valence-electron chi connectivity index (χ1n) is 8.56. The normalized spacial score (nSPS) is 14.5. The van der Waals surface area contributed by atoms with Crippen LogP contribution < -0.4 is 0 Å². The molecule has 0 fully saturated rings. The largest absolute Gasteiger partial charge is 0.0805 e. The average molecular weight is 294 g/mol. The van der Waals surface area contributed by atoms with Gasteiger partial charge in [-0.1, -0.05) is 111 Å².